The van der Waals surface area contributed by atoms with Crippen LogP contribution in [0.2, 0.25) is 0 Å². The van der Waals surface area contributed by atoms with Crippen LogP contribution in [0.1, 0.15) is 44.4 Å². The number of hydrogen-bond acceptors (Lipinski definition) is 6. The Morgan fingerprint density at radius 3 is 2.70 bits per heavy atom. The maximum Gasteiger partial charge on any atom is 0.223 e. The number of nitrogens with one attached hydrogen (secondary N) is 1. The summed E-state index contributed by atoms with van der Waals surface area (Å²) in [7, 11) is 0. The molecule has 0 bridgehead atoms. The van der Waals surface area contributed by atoms with Gasteiger partial charge in [0, 0.05) is 38.5 Å². The summed E-state index contributed by atoms with van der Waals surface area (Å²) in [4.78, 5) is 13.1. The van der Waals surface area contributed by atoms with Crippen LogP contribution in [0.4, 0.5) is 5.95 Å². The second-order valence-electron chi connectivity index (χ2n) is 5.43. The molecule has 1 atom stereocenters. The molecule has 5 nitrogen and oxygen atoms in total. The molecule has 1 unspecified atom stereocenters. The van der Waals surface area contributed by atoms with Crippen molar-refractivity contribution in [2.45, 2.75) is 46.8 Å². The standard InChI is InChI=1S/C16H23N4OS.Y/c1-5-14(9-21-8-13-6-7-22-10-13)19-16-18-12(4)17-15(20-16)11(2)3;/h6-7,10,14H,5,8-9H2,1-4H3,(H,17,18,19,20);/q-1;. The zero-order valence-corrected chi connectivity index (χ0v) is 17.8. The summed E-state index contributed by atoms with van der Waals surface area (Å²) < 4.78 is 5.78. The number of rotatable bonds is 8. The van der Waals surface area contributed by atoms with E-state index in [0.717, 1.165) is 24.0 Å². The van der Waals surface area contributed by atoms with Gasteiger partial charge in [0.2, 0.25) is 5.95 Å². The molecule has 0 saturated heterocycles. The number of hydrogen-bond donors (Lipinski definition) is 1. The van der Waals surface area contributed by atoms with Crippen molar-refractivity contribution in [3.05, 3.63) is 40.0 Å². The Kier molecular flexibility index (Phi) is 9.21. The van der Waals surface area contributed by atoms with Gasteiger partial charge in [0.15, 0.2) is 0 Å². The van der Waals surface area contributed by atoms with Crippen LogP contribution in [-0.2, 0) is 44.1 Å². The second kappa shape index (κ2) is 10.3. The third kappa shape index (κ3) is 6.83. The van der Waals surface area contributed by atoms with Gasteiger partial charge in [0.25, 0.3) is 0 Å². The monoisotopic (exact) mass is 408 g/mol. The Hall–Kier alpha value is -0.556. The van der Waals surface area contributed by atoms with Crippen molar-refractivity contribution >= 4 is 17.3 Å². The zero-order valence-electron chi connectivity index (χ0n) is 14.2. The Bertz CT molecular complexity index is 577. The molecule has 2 rings (SSSR count). The first kappa shape index (κ1) is 20.5. The Morgan fingerprint density at radius 2 is 2.09 bits per heavy atom. The number of ether oxygens (including phenoxy) is 1. The molecule has 2 heterocycles. The van der Waals surface area contributed by atoms with E-state index in [2.05, 4.69) is 44.0 Å². The molecule has 0 aliphatic heterocycles. The molecule has 0 aromatic carbocycles. The Balaban J connectivity index is 0.00000264. The van der Waals surface area contributed by atoms with Gasteiger partial charge in [0.05, 0.1) is 19.3 Å². The van der Waals surface area contributed by atoms with Crippen LogP contribution >= 0.6 is 11.3 Å². The van der Waals surface area contributed by atoms with Crippen molar-refractivity contribution in [1.82, 2.24) is 15.0 Å². The average Bonchev–Trinajstić information content (AvgIpc) is 2.98. The third-order valence-corrected chi connectivity index (χ3v) is 3.92. The van der Waals surface area contributed by atoms with E-state index in [9.17, 15) is 0 Å². The van der Waals surface area contributed by atoms with E-state index in [1.807, 2.05) is 20.8 Å². The van der Waals surface area contributed by atoms with E-state index in [-0.39, 0.29) is 38.8 Å². The summed E-state index contributed by atoms with van der Waals surface area (Å²) in [5.41, 5.74) is 1.22. The minimum atomic E-state index is 0. The second-order valence-corrected chi connectivity index (χ2v) is 6.21. The minimum Gasteiger partial charge on any atom is -0.375 e. The fourth-order valence-electron chi connectivity index (χ4n) is 1.91. The van der Waals surface area contributed by atoms with Gasteiger partial charge in [-0.3, -0.25) is 4.98 Å². The number of aromatic nitrogens is 3. The molecule has 23 heavy (non-hydrogen) atoms. The predicted molar refractivity (Wildman–Crippen MR) is 89.9 cm³/mol. The van der Waals surface area contributed by atoms with Crippen molar-refractivity contribution in [2.75, 3.05) is 11.9 Å². The van der Waals surface area contributed by atoms with Gasteiger partial charge in [0.1, 0.15) is 5.82 Å². The average molecular weight is 408 g/mol. The molecule has 0 spiro atoms. The summed E-state index contributed by atoms with van der Waals surface area (Å²) in [6.45, 7) is 9.27. The van der Waals surface area contributed by atoms with E-state index in [4.69, 9.17) is 4.74 Å². The molecule has 2 aromatic heterocycles. The smallest absolute Gasteiger partial charge is 0.223 e. The molecule has 0 fully saturated rings. The molecule has 0 aliphatic rings. The van der Waals surface area contributed by atoms with Crippen LogP contribution in [0.25, 0.3) is 0 Å². The maximum atomic E-state index is 5.78. The molecule has 7 heteroatoms. The number of nitrogens with zero attached hydrogens (tertiary/aromatic N) is 3. The van der Waals surface area contributed by atoms with Crippen LogP contribution in [-0.4, -0.2) is 27.6 Å². The van der Waals surface area contributed by atoms with Crippen LogP contribution in [0.15, 0.2) is 16.8 Å². The van der Waals surface area contributed by atoms with Crippen LogP contribution < -0.4 is 5.32 Å². The molecule has 0 aliphatic carbocycles. The van der Waals surface area contributed by atoms with Gasteiger partial charge in [-0.05, 0) is 35.7 Å². The van der Waals surface area contributed by atoms with Crippen molar-refractivity contribution in [1.29, 1.82) is 0 Å². The number of thiophene rings is 1. The van der Waals surface area contributed by atoms with Gasteiger partial charge in [-0.25, -0.2) is 4.98 Å². The summed E-state index contributed by atoms with van der Waals surface area (Å²) in [5.74, 6) is 3.16. The van der Waals surface area contributed by atoms with Crippen molar-refractivity contribution in [3.8, 4) is 0 Å². The molecule has 2 aromatic rings. The fraction of sp³-hybridized carbons (Fsp3) is 0.500. The normalized spacial score (nSPS) is 11.7. The summed E-state index contributed by atoms with van der Waals surface area (Å²) in [5, 5.41) is 7.52. The van der Waals surface area contributed by atoms with E-state index in [1.54, 1.807) is 11.3 Å². The molecule has 1 N–H and O–H groups in total. The maximum absolute atomic E-state index is 5.78. The molecule has 123 valence electrons. The van der Waals surface area contributed by atoms with Crippen molar-refractivity contribution in [2.24, 2.45) is 0 Å². The SMILES string of the molecule is CCC(COCc1ccsc1)Nc1nc(C)nc([C-](C)C)n1.[Y]. The topological polar surface area (TPSA) is 59.9 Å². The van der Waals surface area contributed by atoms with Crippen LogP contribution in [0, 0.1) is 12.8 Å². The first-order chi connectivity index (χ1) is 10.6. The summed E-state index contributed by atoms with van der Waals surface area (Å²) >= 11 is 1.69. The molecule has 0 saturated carbocycles. The number of anilines is 1. The van der Waals surface area contributed by atoms with Gasteiger partial charge >= 0.3 is 0 Å². The predicted octanol–water partition coefficient (Wildman–Crippen LogP) is 3.61. The van der Waals surface area contributed by atoms with Gasteiger partial charge < -0.3 is 16.0 Å². The van der Waals surface area contributed by atoms with E-state index in [0.29, 0.717) is 19.2 Å². The third-order valence-electron chi connectivity index (χ3n) is 3.19. The first-order valence-electron chi connectivity index (χ1n) is 7.47. The van der Waals surface area contributed by atoms with Gasteiger partial charge in [-0.2, -0.15) is 30.2 Å². The van der Waals surface area contributed by atoms with Crippen LogP contribution in [0.5, 0.6) is 0 Å². The minimum absolute atomic E-state index is 0. The van der Waals surface area contributed by atoms with E-state index < -0.39 is 0 Å². The van der Waals surface area contributed by atoms with Crippen molar-refractivity contribution < 1.29 is 37.4 Å². The quantitative estimate of drug-likeness (QED) is 0.677. The van der Waals surface area contributed by atoms with E-state index in [1.165, 1.54) is 5.56 Å². The number of aryl methyl sites for hydroxylation is 1. The van der Waals surface area contributed by atoms with Crippen molar-refractivity contribution in [3.63, 3.8) is 0 Å². The molecule has 1 radical (unpaired) electrons. The van der Waals surface area contributed by atoms with E-state index >= 15 is 0 Å². The summed E-state index contributed by atoms with van der Waals surface area (Å²) in [6.07, 6.45) is 0.943. The Labute approximate surface area is 167 Å². The Morgan fingerprint density at radius 1 is 1.30 bits per heavy atom. The molecule has 0 amide bonds. The van der Waals surface area contributed by atoms with Gasteiger partial charge in [-0.15, -0.1) is 0 Å². The largest absolute Gasteiger partial charge is 0.375 e. The fourth-order valence-corrected chi connectivity index (χ4v) is 2.56. The van der Waals surface area contributed by atoms with Gasteiger partial charge in [-0.1, -0.05) is 6.92 Å². The molecular weight excluding hydrogens is 385 g/mol. The zero-order chi connectivity index (χ0) is 15.9. The summed E-state index contributed by atoms with van der Waals surface area (Å²) in [6, 6.07) is 2.27. The van der Waals surface area contributed by atoms with Crippen LogP contribution in [0.3, 0.4) is 0 Å². The molecular formula is C16H23N4OSY-. The first-order valence-corrected chi connectivity index (χ1v) is 8.41.